The zero-order valence-corrected chi connectivity index (χ0v) is 15.8. The Bertz CT molecular complexity index is 652. The fraction of sp³-hybridized carbons (Fsp3) is 0.737. The molecular weight excluding hydrogens is 330 g/mol. The maximum Gasteiger partial charge on any atom is 0.268 e. The molecule has 3 heterocycles. The molecule has 0 unspecified atom stereocenters. The molecule has 0 aromatic carbocycles. The van der Waals surface area contributed by atoms with E-state index in [1.54, 1.807) is 19.3 Å². The van der Waals surface area contributed by atoms with E-state index in [-0.39, 0.29) is 17.4 Å². The Morgan fingerprint density at radius 1 is 1.19 bits per heavy atom. The standard InChI is InChI=1S/C19H31N5O2/c1-22-18(25)13-17(14-21-22)24-11-6-7-16(15-24)19(26)20-8-12-23-9-4-2-3-5-10-23/h13-14,16H,2-12,15H2,1H3,(H,20,26)/t16-/m0/s1. The number of carbonyl (C=O) groups excluding carboxylic acids is 1. The Kier molecular flexibility index (Phi) is 6.66. The van der Waals surface area contributed by atoms with Crippen molar-refractivity contribution in [1.29, 1.82) is 0 Å². The van der Waals surface area contributed by atoms with Gasteiger partial charge in [-0.2, -0.15) is 5.10 Å². The van der Waals surface area contributed by atoms with Crippen molar-refractivity contribution in [3.8, 4) is 0 Å². The largest absolute Gasteiger partial charge is 0.369 e. The number of nitrogens with one attached hydrogen (secondary N) is 1. The number of likely N-dealkylation sites (tertiary alicyclic amines) is 1. The van der Waals surface area contributed by atoms with Gasteiger partial charge in [0.2, 0.25) is 5.91 Å². The predicted octanol–water partition coefficient (Wildman–Crippen LogP) is 0.989. The number of carbonyl (C=O) groups is 1. The van der Waals surface area contributed by atoms with E-state index in [0.29, 0.717) is 6.54 Å². The van der Waals surface area contributed by atoms with Crippen molar-refractivity contribution in [2.45, 2.75) is 38.5 Å². The van der Waals surface area contributed by atoms with Crippen LogP contribution in [0.15, 0.2) is 17.1 Å². The van der Waals surface area contributed by atoms with Crippen molar-refractivity contribution < 1.29 is 4.79 Å². The summed E-state index contributed by atoms with van der Waals surface area (Å²) in [4.78, 5) is 28.9. The fourth-order valence-corrected chi connectivity index (χ4v) is 3.90. The molecule has 0 bridgehead atoms. The number of nitrogens with zero attached hydrogens (tertiary/aromatic N) is 4. The molecule has 2 saturated heterocycles. The van der Waals surface area contributed by atoms with Gasteiger partial charge in [-0.15, -0.1) is 0 Å². The Morgan fingerprint density at radius 3 is 2.69 bits per heavy atom. The van der Waals surface area contributed by atoms with Gasteiger partial charge in [0.1, 0.15) is 0 Å². The zero-order chi connectivity index (χ0) is 18.4. The summed E-state index contributed by atoms with van der Waals surface area (Å²) in [6.45, 7) is 5.51. The van der Waals surface area contributed by atoms with Gasteiger partial charge >= 0.3 is 0 Å². The SMILES string of the molecule is Cn1ncc(N2CCC[C@H](C(=O)NCCN3CCCCCC3)C2)cc1=O. The van der Waals surface area contributed by atoms with E-state index >= 15 is 0 Å². The molecule has 0 spiro atoms. The number of hydrogen-bond donors (Lipinski definition) is 1. The highest BCUT2D eigenvalue weighted by Crippen LogP contribution is 2.21. The average Bonchev–Trinajstić information content (AvgIpc) is 2.93. The highest BCUT2D eigenvalue weighted by atomic mass is 16.2. The summed E-state index contributed by atoms with van der Waals surface area (Å²) in [5, 5.41) is 7.21. The van der Waals surface area contributed by atoms with Crippen LogP contribution < -0.4 is 15.8 Å². The second kappa shape index (κ2) is 9.16. The molecule has 1 atom stereocenters. The van der Waals surface area contributed by atoms with Crippen LogP contribution in [0.3, 0.4) is 0 Å². The molecule has 144 valence electrons. The lowest BCUT2D eigenvalue weighted by Gasteiger charge is -2.33. The first-order valence-corrected chi connectivity index (χ1v) is 9.92. The molecule has 2 aliphatic heterocycles. The van der Waals surface area contributed by atoms with Crippen LogP contribution in [-0.4, -0.2) is 59.9 Å². The van der Waals surface area contributed by atoms with Gasteiger partial charge in [0.25, 0.3) is 5.56 Å². The lowest BCUT2D eigenvalue weighted by molar-refractivity contribution is -0.125. The molecule has 7 heteroatoms. The summed E-state index contributed by atoms with van der Waals surface area (Å²) in [5.41, 5.74) is 0.696. The van der Waals surface area contributed by atoms with Crippen molar-refractivity contribution >= 4 is 11.6 Å². The second-order valence-electron chi connectivity index (χ2n) is 7.51. The molecular formula is C19H31N5O2. The number of aromatic nitrogens is 2. The Balaban J connectivity index is 1.48. The van der Waals surface area contributed by atoms with Gasteiger partial charge in [-0.05, 0) is 38.8 Å². The van der Waals surface area contributed by atoms with E-state index in [2.05, 4.69) is 20.2 Å². The van der Waals surface area contributed by atoms with Crippen LogP contribution in [0.1, 0.15) is 38.5 Å². The quantitative estimate of drug-likeness (QED) is 0.847. The average molecular weight is 361 g/mol. The first-order chi connectivity index (χ1) is 12.6. The molecule has 1 amide bonds. The summed E-state index contributed by atoms with van der Waals surface area (Å²) in [6.07, 6.45) is 8.79. The lowest BCUT2D eigenvalue weighted by atomic mass is 9.97. The van der Waals surface area contributed by atoms with Crippen LogP contribution in [0.5, 0.6) is 0 Å². The third kappa shape index (κ3) is 5.06. The molecule has 3 rings (SSSR count). The minimum Gasteiger partial charge on any atom is -0.369 e. The van der Waals surface area contributed by atoms with E-state index in [0.717, 1.165) is 51.3 Å². The molecule has 26 heavy (non-hydrogen) atoms. The molecule has 1 N–H and O–H groups in total. The number of rotatable bonds is 5. The van der Waals surface area contributed by atoms with Gasteiger partial charge in [-0.3, -0.25) is 9.59 Å². The molecule has 1 aromatic rings. The smallest absolute Gasteiger partial charge is 0.268 e. The van der Waals surface area contributed by atoms with E-state index in [9.17, 15) is 9.59 Å². The third-order valence-electron chi connectivity index (χ3n) is 5.54. The third-order valence-corrected chi connectivity index (χ3v) is 5.54. The lowest BCUT2D eigenvalue weighted by Crippen LogP contribution is -2.45. The number of hydrogen-bond acceptors (Lipinski definition) is 5. The van der Waals surface area contributed by atoms with Crippen molar-refractivity contribution in [2.24, 2.45) is 13.0 Å². The van der Waals surface area contributed by atoms with Crippen LogP contribution in [0.2, 0.25) is 0 Å². The normalized spacial score (nSPS) is 22.0. The minimum atomic E-state index is -0.119. The predicted molar refractivity (Wildman–Crippen MR) is 102 cm³/mol. The van der Waals surface area contributed by atoms with Gasteiger partial charge in [0.15, 0.2) is 0 Å². The van der Waals surface area contributed by atoms with E-state index in [1.807, 2.05) is 0 Å². The summed E-state index contributed by atoms with van der Waals surface area (Å²) >= 11 is 0. The molecule has 0 radical (unpaired) electrons. The van der Waals surface area contributed by atoms with Crippen molar-refractivity contribution in [3.63, 3.8) is 0 Å². The number of amides is 1. The Morgan fingerprint density at radius 2 is 1.96 bits per heavy atom. The number of aryl methyl sites for hydroxylation is 1. The van der Waals surface area contributed by atoms with Crippen molar-refractivity contribution in [1.82, 2.24) is 20.0 Å². The van der Waals surface area contributed by atoms with Gasteiger partial charge in [-0.25, -0.2) is 4.68 Å². The summed E-state index contributed by atoms with van der Waals surface area (Å²) in [7, 11) is 1.64. The van der Waals surface area contributed by atoms with Crippen molar-refractivity contribution in [3.05, 3.63) is 22.6 Å². The van der Waals surface area contributed by atoms with Gasteiger partial charge in [-0.1, -0.05) is 12.8 Å². The molecule has 2 aliphatic rings. The Labute approximate surface area is 155 Å². The van der Waals surface area contributed by atoms with Crippen LogP contribution >= 0.6 is 0 Å². The zero-order valence-electron chi connectivity index (χ0n) is 15.8. The van der Waals surface area contributed by atoms with Crippen LogP contribution in [0.25, 0.3) is 0 Å². The van der Waals surface area contributed by atoms with E-state index in [1.165, 1.54) is 30.4 Å². The minimum absolute atomic E-state index is 0.0167. The highest BCUT2D eigenvalue weighted by Gasteiger charge is 2.26. The summed E-state index contributed by atoms with van der Waals surface area (Å²) in [5.74, 6) is 0.123. The fourth-order valence-electron chi connectivity index (χ4n) is 3.90. The van der Waals surface area contributed by atoms with Gasteiger partial charge < -0.3 is 15.1 Å². The molecule has 1 aromatic heterocycles. The number of anilines is 1. The Hall–Kier alpha value is -1.89. The van der Waals surface area contributed by atoms with E-state index in [4.69, 9.17) is 0 Å². The van der Waals surface area contributed by atoms with Crippen molar-refractivity contribution in [2.75, 3.05) is 44.2 Å². The van der Waals surface area contributed by atoms with Crippen LogP contribution in [-0.2, 0) is 11.8 Å². The van der Waals surface area contributed by atoms with Crippen LogP contribution in [0, 0.1) is 5.92 Å². The van der Waals surface area contributed by atoms with Gasteiger partial charge in [0, 0.05) is 39.3 Å². The summed E-state index contributed by atoms with van der Waals surface area (Å²) in [6, 6.07) is 1.60. The van der Waals surface area contributed by atoms with Gasteiger partial charge in [0.05, 0.1) is 17.8 Å². The molecule has 7 nitrogen and oxygen atoms in total. The monoisotopic (exact) mass is 361 g/mol. The molecule has 0 aliphatic carbocycles. The first-order valence-electron chi connectivity index (χ1n) is 9.92. The highest BCUT2D eigenvalue weighted by molar-refractivity contribution is 5.79. The second-order valence-corrected chi connectivity index (χ2v) is 7.51. The van der Waals surface area contributed by atoms with Crippen LogP contribution in [0.4, 0.5) is 5.69 Å². The summed E-state index contributed by atoms with van der Waals surface area (Å²) < 4.78 is 1.32. The topological polar surface area (TPSA) is 70.5 Å². The first kappa shape index (κ1) is 18.9. The maximum absolute atomic E-state index is 12.6. The molecule has 0 saturated carbocycles. The maximum atomic E-state index is 12.6. The van der Waals surface area contributed by atoms with E-state index < -0.39 is 0 Å². The number of piperidine rings is 1. The molecule has 2 fully saturated rings.